The third-order valence-electron chi connectivity index (χ3n) is 12.9. The van der Waals surface area contributed by atoms with Gasteiger partial charge in [-0.2, -0.15) is 5.26 Å². The van der Waals surface area contributed by atoms with Crippen molar-refractivity contribution in [2.45, 2.75) is 89.0 Å². The number of hydrogen-bond acceptors (Lipinski definition) is 19. The van der Waals surface area contributed by atoms with Crippen molar-refractivity contribution in [3.05, 3.63) is 94.2 Å². The number of aromatic nitrogens is 8. The zero-order valence-electron chi connectivity index (χ0n) is 40.4. The van der Waals surface area contributed by atoms with Gasteiger partial charge in [-0.15, -0.1) is 0 Å². The number of H-pyrrole nitrogens is 1. The fraction of sp³-hybridized carbons (Fsp3) is 0.460. The highest BCUT2D eigenvalue weighted by Crippen LogP contribution is 2.36. The van der Waals surface area contributed by atoms with E-state index < -0.39 is 0 Å². The summed E-state index contributed by atoms with van der Waals surface area (Å²) in [4.78, 5) is 71.5. The molecule has 0 atom stereocenters. The third-order valence-corrected chi connectivity index (χ3v) is 13.1. The third kappa shape index (κ3) is 13.2. The molecule has 2 aliphatic carbocycles. The molecule has 72 heavy (non-hydrogen) atoms. The van der Waals surface area contributed by atoms with Crippen LogP contribution in [0.25, 0.3) is 21.8 Å². The molecule has 0 radical (unpaired) electrons. The van der Waals surface area contributed by atoms with E-state index in [-0.39, 0.29) is 52.5 Å². The molecule has 4 aliphatic rings. The van der Waals surface area contributed by atoms with Crippen LogP contribution < -0.4 is 41.2 Å². The SMILES string of the molecule is CCC(=O)c1ccnc(Cl)n1.CNC(=O)c1ccnc(NC2CCC(Oc3cc(N4CCOCC4)cc4nc[nH]c(=O)c34)CC2)n1.N#Cc1ncnc2cc(N3CCOCC3)cc(OC3CCC(N)CC3)c12.[HH].[HH].[HH].[HH]. The van der Waals surface area contributed by atoms with Crippen LogP contribution in [0.2, 0.25) is 5.28 Å². The number of halogens is 1. The number of ether oxygens (including phenoxy) is 4. The Hall–Kier alpha value is -7.12. The van der Waals surface area contributed by atoms with Gasteiger partial charge < -0.3 is 50.1 Å². The first-order valence-corrected chi connectivity index (χ1v) is 24.7. The second-order valence-electron chi connectivity index (χ2n) is 17.7. The largest absolute Gasteiger partial charge is 0.490 e. The summed E-state index contributed by atoms with van der Waals surface area (Å²) in [6.45, 7) is 7.77. The Morgan fingerprint density at radius 1 is 0.806 bits per heavy atom. The maximum atomic E-state index is 12.6. The molecule has 10 rings (SSSR count). The molecule has 2 saturated carbocycles. The van der Waals surface area contributed by atoms with Crippen LogP contribution in [-0.4, -0.2) is 136 Å². The molecule has 21 nitrogen and oxygen atoms in total. The highest BCUT2D eigenvalue weighted by molar-refractivity contribution is 6.28. The Balaban J connectivity index is 0.000000269. The van der Waals surface area contributed by atoms with Crippen molar-refractivity contribution >= 4 is 62.4 Å². The van der Waals surface area contributed by atoms with E-state index in [1.807, 2.05) is 24.3 Å². The van der Waals surface area contributed by atoms with Crippen LogP contribution >= 0.6 is 11.6 Å². The van der Waals surface area contributed by atoms with Gasteiger partial charge in [0.1, 0.15) is 40.7 Å². The highest BCUT2D eigenvalue weighted by Gasteiger charge is 2.27. The number of ketones is 1. The molecule has 4 aromatic heterocycles. The molecular weight excluding hydrogens is 944 g/mol. The lowest BCUT2D eigenvalue weighted by molar-refractivity contribution is 0.0956. The van der Waals surface area contributed by atoms with E-state index >= 15 is 0 Å². The van der Waals surface area contributed by atoms with Gasteiger partial charge in [-0.1, -0.05) is 6.92 Å². The monoisotopic (exact) mass is 1010 g/mol. The molecule has 6 aromatic rings. The number of hydrogen-bond donors (Lipinski definition) is 4. The number of nitrogens with two attached hydrogens (primary N) is 1. The first-order chi connectivity index (χ1) is 35.1. The van der Waals surface area contributed by atoms with Crippen molar-refractivity contribution in [3.8, 4) is 17.6 Å². The van der Waals surface area contributed by atoms with Gasteiger partial charge in [-0.05, 0) is 87.2 Å². The van der Waals surface area contributed by atoms with E-state index in [1.54, 1.807) is 32.3 Å². The van der Waals surface area contributed by atoms with Crippen molar-refractivity contribution in [1.82, 2.24) is 45.2 Å². The van der Waals surface area contributed by atoms with Crippen molar-refractivity contribution in [1.29, 1.82) is 5.26 Å². The van der Waals surface area contributed by atoms with Gasteiger partial charge in [0, 0.05) is 93.3 Å². The Morgan fingerprint density at radius 3 is 1.99 bits per heavy atom. The van der Waals surface area contributed by atoms with Gasteiger partial charge in [-0.25, -0.2) is 34.9 Å². The minimum atomic E-state index is -0.247. The van der Waals surface area contributed by atoms with Crippen molar-refractivity contribution < 1.29 is 34.2 Å². The van der Waals surface area contributed by atoms with Gasteiger partial charge in [0.15, 0.2) is 11.5 Å². The van der Waals surface area contributed by atoms with E-state index in [4.69, 9.17) is 36.3 Å². The number of Topliss-reactive ketones (excluding diaryl/α,β-unsaturated/α-hetero) is 1. The van der Waals surface area contributed by atoms with Crippen molar-refractivity contribution in [3.63, 3.8) is 0 Å². The van der Waals surface area contributed by atoms with Crippen LogP contribution in [0.3, 0.4) is 0 Å². The van der Waals surface area contributed by atoms with E-state index in [9.17, 15) is 19.6 Å². The highest BCUT2D eigenvalue weighted by atomic mass is 35.5. The summed E-state index contributed by atoms with van der Waals surface area (Å²) in [5.74, 6) is 1.44. The number of rotatable bonds is 11. The summed E-state index contributed by atoms with van der Waals surface area (Å²) < 4.78 is 23.7. The average molecular weight is 1010 g/mol. The number of anilines is 3. The first kappa shape index (κ1) is 51.2. The minimum Gasteiger partial charge on any atom is -0.490 e. The summed E-state index contributed by atoms with van der Waals surface area (Å²) >= 11 is 5.47. The lowest BCUT2D eigenvalue weighted by Crippen LogP contribution is -2.36. The second-order valence-corrected chi connectivity index (χ2v) is 18.0. The number of nitriles is 1. The summed E-state index contributed by atoms with van der Waals surface area (Å²) in [6, 6.07) is 13.7. The molecule has 1 amide bonds. The number of carbonyl (C=O) groups is 2. The standard InChI is InChI=1S/C24H29N7O4.C19H23N5O2.C7H7ClN2O.4H2/c1-25-22(32)18-6-7-26-24(30-18)29-15-2-4-17(5-3-15)35-20-13-16(31-8-10-34-11-9-31)12-19-21(20)23(33)28-14-27-19;20-11-17-19-16(22-12-23-17)9-14(24-5-7-25-8-6-24)10-18(19)26-15-3-1-13(21)2-4-15;1-2-6(11)5-3-4-9-7(8)10-5;;;;/h6-7,12-15,17H,2-5,8-11H2,1H3,(H,25,32)(H,26,29,30)(H,27,28,33);9-10,12-13,15H,1-8,21H2;3-4H,2H2,1H3;4*1H. The predicted octanol–water partition coefficient (Wildman–Crippen LogP) is 6.40. The van der Waals surface area contributed by atoms with Crippen molar-refractivity contribution in [2.75, 3.05) is 74.8 Å². The first-order valence-electron chi connectivity index (χ1n) is 24.4. The van der Waals surface area contributed by atoms with Crippen LogP contribution in [0.4, 0.5) is 17.3 Å². The Bertz CT molecular complexity index is 2930. The normalized spacial score (nSPS) is 19.9. The molecule has 0 bridgehead atoms. The van der Waals surface area contributed by atoms with Crippen LogP contribution in [0.1, 0.15) is 97.1 Å². The lowest BCUT2D eigenvalue weighted by Gasteiger charge is -2.31. The number of fused-ring (bicyclic) bond motifs is 2. The van der Waals surface area contributed by atoms with Gasteiger partial charge in [-0.3, -0.25) is 14.4 Å². The van der Waals surface area contributed by atoms with Crippen LogP contribution in [-0.2, 0) is 9.47 Å². The van der Waals surface area contributed by atoms with Crippen molar-refractivity contribution in [2.24, 2.45) is 5.73 Å². The number of aromatic amines is 1. The van der Waals surface area contributed by atoms with Crippen LogP contribution in [0.15, 0.2) is 66.2 Å². The second kappa shape index (κ2) is 24.8. The van der Waals surface area contributed by atoms with E-state index in [1.165, 1.54) is 18.9 Å². The quantitative estimate of drug-likeness (QED) is 0.0806. The Labute approximate surface area is 427 Å². The topological polar surface area (TPSA) is 274 Å². The summed E-state index contributed by atoms with van der Waals surface area (Å²) in [6.07, 6.45) is 13.6. The Morgan fingerprint density at radius 2 is 1.39 bits per heavy atom. The summed E-state index contributed by atoms with van der Waals surface area (Å²) in [7, 11) is 1.57. The fourth-order valence-corrected chi connectivity index (χ4v) is 9.14. The Kier molecular flexibility index (Phi) is 17.7. The molecule has 2 aromatic carbocycles. The van der Waals surface area contributed by atoms with Gasteiger partial charge in [0.25, 0.3) is 11.5 Å². The average Bonchev–Trinajstić information content (AvgIpc) is 3.42. The predicted molar refractivity (Wildman–Crippen MR) is 279 cm³/mol. The number of benzene rings is 2. The molecule has 0 unspecified atom stereocenters. The lowest BCUT2D eigenvalue weighted by atomic mass is 9.93. The van der Waals surface area contributed by atoms with Gasteiger partial charge >= 0.3 is 0 Å². The summed E-state index contributed by atoms with van der Waals surface area (Å²) in [5, 5.41) is 16.7. The smallest absolute Gasteiger partial charge is 0.269 e. The van der Waals surface area contributed by atoms with E-state index in [2.05, 4.69) is 66.4 Å². The summed E-state index contributed by atoms with van der Waals surface area (Å²) in [5.41, 5.74) is 10.3. The number of morpholine rings is 2. The van der Waals surface area contributed by atoms with Crippen LogP contribution in [0.5, 0.6) is 11.5 Å². The van der Waals surface area contributed by atoms with E-state index in [0.29, 0.717) is 83.7 Å². The van der Waals surface area contributed by atoms with Gasteiger partial charge in [0.05, 0.1) is 61.4 Å². The number of nitrogens with zero attached hydrogens (tertiary/aromatic N) is 10. The van der Waals surface area contributed by atoms with E-state index in [0.717, 1.165) is 94.4 Å². The fourth-order valence-electron chi connectivity index (χ4n) is 9.00. The zero-order chi connectivity index (χ0) is 50.4. The minimum absolute atomic E-state index is 0. The number of nitrogens with one attached hydrogen (secondary N) is 3. The molecule has 6 heterocycles. The number of amides is 1. The molecule has 4 fully saturated rings. The number of carbonyl (C=O) groups excluding carboxylic acids is 2. The zero-order valence-corrected chi connectivity index (χ0v) is 41.1. The molecule has 22 heteroatoms. The molecule has 2 saturated heterocycles. The molecule has 386 valence electrons. The molecule has 5 N–H and O–H groups in total. The molecular formula is C50H67ClN14O7. The molecule has 0 spiro atoms. The van der Waals surface area contributed by atoms with Gasteiger partial charge in [0.2, 0.25) is 11.2 Å². The maximum Gasteiger partial charge on any atom is 0.269 e. The molecule has 2 aliphatic heterocycles. The van der Waals surface area contributed by atoms with Crippen LogP contribution in [0, 0.1) is 11.3 Å². The maximum absolute atomic E-state index is 12.6.